The maximum absolute atomic E-state index is 14.0. The second-order valence-corrected chi connectivity index (χ2v) is 10.0. The van der Waals surface area contributed by atoms with Gasteiger partial charge in [0.1, 0.15) is 22.6 Å². The van der Waals surface area contributed by atoms with Gasteiger partial charge in [0, 0.05) is 18.7 Å². The topological polar surface area (TPSA) is 86.8 Å². The highest BCUT2D eigenvalue weighted by atomic mass is 32.2. The van der Waals surface area contributed by atoms with Crippen molar-refractivity contribution in [2.24, 2.45) is 0 Å². The number of rotatable bonds is 5. The van der Waals surface area contributed by atoms with E-state index in [0.29, 0.717) is 17.7 Å². The molecule has 0 spiro atoms. The molecule has 2 aliphatic rings. The van der Waals surface area contributed by atoms with E-state index in [1.54, 1.807) is 12.1 Å². The molecule has 170 valence electrons. The second kappa shape index (κ2) is 8.25. The molecule has 3 amide bonds. The summed E-state index contributed by atoms with van der Waals surface area (Å²) in [5.41, 5.74) is 1.54. The molecule has 2 atom stereocenters. The number of fused-ring (bicyclic) bond motifs is 1. The van der Waals surface area contributed by atoms with Crippen LogP contribution in [0.2, 0.25) is 0 Å². The van der Waals surface area contributed by atoms with Gasteiger partial charge in [-0.15, -0.1) is 0 Å². The maximum Gasteiger partial charge on any atom is 0.332 e. The van der Waals surface area contributed by atoms with Gasteiger partial charge in [-0.2, -0.15) is 0 Å². The number of anilines is 1. The first-order valence-electron chi connectivity index (χ1n) is 10.3. The number of halogens is 2. The minimum atomic E-state index is -4.27. The third kappa shape index (κ3) is 4.00. The van der Waals surface area contributed by atoms with Crippen LogP contribution in [0.15, 0.2) is 47.4 Å². The highest BCUT2D eigenvalue weighted by Crippen LogP contribution is 2.32. The molecule has 0 aliphatic carbocycles. The van der Waals surface area contributed by atoms with Crippen molar-refractivity contribution in [3.8, 4) is 0 Å². The van der Waals surface area contributed by atoms with Gasteiger partial charge >= 0.3 is 6.03 Å². The zero-order valence-electron chi connectivity index (χ0n) is 17.6. The Kier molecular flexibility index (Phi) is 5.76. The van der Waals surface area contributed by atoms with Crippen LogP contribution < -0.4 is 9.62 Å². The van der Waals surface area contributed by atoms with E-state index in [1.165, 1.54) is 4.90 Å². The van der Waals surface area contributed by atoms with Crippen LogP contribution in [0.5, 0.6) is 0 Å². The molecule has 0 saturated carbocycles. The highest BCUT2D eigenvalue weighted by molar-refractivity contribution is 7.89. The number of piperidine rings is 1. The van der Waals surface area contributed by atoms with Crippen molar-refractivity contribution in [2.45, 2.75) is 49.6 Å². The molecule has 4 rings (SSSR count). The molecule has 2 heterocycles. The van der Waals surface area contributed by atoms with E-state index < -0.39 is 50.6 Å². The van der Waals surface area contributed by atoms with Crippen molar-refractivity contribution < 1.29 is 26.8 Å². The second-order valence-electron chi connectivity index (χ2n) is 8.33. The van der Waals surface area contributed by atoms with Crippen molar-refractivity contribution in [3.05, 3.63) is 59.7 Å². The van der Waals surface area contributed by atoms with Crippen LogP contribution in [0.4, 0.5) is 19.3 Å². The van der Waals surface area contributed by atoms with E-state index in [9.17, 15) is 26.8 Å². The van der Waals surface area contributed by atoms with Crippen LogP contribution in [0.3, 0.4) is 0 Å². The fourth-order valence-corrected chi connectivity index (χ4v) is 5.47. The molecule has 0 unspecified atom stereocenters. The number of carbonyl (C=O) groups is 2. The number of hydrogen-bond donors (Lipinski definition) is 1. The Labute approximate surface area is 185 Å². The summed E-state index contributed by atoms with van der Waals surface area (Å²) < 4.78 is 54.7. The zero-order chi connectivity index (χ0) is 23.2. The Morgan fingerprint density at radius 3 is 2.38 bits per heavy atom. The molecular weight excluding hydrogens is 440 g/mol. The standard InChI is InChI=1S/C22H23F2N3O4S/c1-13(2)14-3-6-17(7-4-14)27-21(28)19-12-16(9-10-26(19)22(27)29)25-32(30,31)20-8-5-15(23)11-18(20)24/h3-8,11,13,16,19,25H,9-10,12H2,1-2H3/t16-,19+/m0/s1. The zero-order valence-corrected chi connectivity index (χ0v) is 18.4. The lowest BCUT2D eigenvalue weighted by Gasteiger charge is -2.32. The van der Waals surface area contributed by atoms with E-state index in [4.69, 9.17) is 0 Å². The van der Waals surface area contributed by atoms with E-state index in [2.05, 4.69) is 4.72 Å². The number of nitrogens with one attached hydrogen (secondary N) is 1. The molecule has 2 fully saturated rings. The van der Waals surface area contributed by atoms with Crippen molar-refractivity contribution in [3.63, 3.8) is 0 Å². The number of carbonyl (C=O) groups excluding carboxylic acids is 2. The monoisotopic (exact) mass is 463 g/mol. The lowest BCUT2D eigenvalue weighted by Crippen LogP contribution is -2.49. The molecule has 32 heavy (non-hydrogen) atoms. The number of urea groups is 1. The van der Waals surface area contributed by atoms with Gasteiger partial charge in [-0.05, 0) is 48.6 Å². The van der Waals surface area contributed by atoms with Crippen molar-refractivity contribution in [2.75, 3.05) is 11.4 Å². The lowest BCUT2D eigenvalue weighted by molar-refractivity contribution is -0.120. The van der Waals surface area contributed by atoms with E-state index >= 15 is 0 Å². The molecule has 1 N–H and O–H groups in total. The molecule has 2 aliphatic heterocycles. The van der Waals surface area contributed by atoms with Gasteiger partial charge in [-0.1, -0.05) is 26.0 Å². The Bertz CT molecular complexity index is 1170. The Morgan fingerprint density at radius 1 is 1.06 bits per heavy atom. The van der Waals surface area contributed by atoms with E-state index in [-0.39, 0.29) is 19.4 Å². The summed E-state index contributed by atoms with van der Waals surface area (Å²) in [5.74, 6) is -2.20. The van der Waals surface area contributed by atoms with E-state index in [1.807, 2.05) is 26.0 Å². The summed E-state index contributed by atoms with van der Waals surface area (Å²) in [4.78, 5) is 27.8. The van der Waals surface area contributed by atoms with Crippen LogP contribution >= 0.6 is 0 Å². The molecule has 7 nitrogen and oxygen atoms in total. The minimum Gasteiger partial charge on any atom is -0.312 e. The normalized spacial score (nSPS) is 21.4. The van der Waals surface area contributed by atoms with Crippen LogP contribution in [0.1, 0.15) is 38.2 Å². The predicted octanol–water partition coefficient (Wildman–Crippen LogP) is 3.37. The van der Waals surface area contributed by atoms with Gasteiger partial charge in [0.25, 0.3) is 5.91 Å². The van der Waals surface area contributed by atoms with E-state index in [0.717, 1.165) is 22.6 Å². The first-order valence-corrected chi connectivity index (χ1v) is 11.8. The first kappa shape index (κ1) is 22.3. The number of benzene rings is 2. The number of amides is 3. The van der Waals surface area contributed by atoms with Gasteiger partial charge < -0.3 is 4.90 Å². The SMILES string of the molecule is CC(C)c1ccc(N2C(=O)[C@H]3C[C@@H](NS(=O)(=O)c4ccc(F)cc4F)CCN3C2=O)cc1. The Balaban J connectivity index is 1.51. The van der Waals surface area contributed by atoms with Gasteiger partial charge in [0.2, 0.25) is 10.0 Å². The first-order chi connectivity index (χ1) is 15.1. The number of nitrogens with zero attached hydrogens (tertiary/aromatic N) is 2. The molecule has 2 aromatic carbocycles. The molecular formula is C22H23F2N3O4S. The summed E-state index contributed by atoms with van der Waals surface area (Å²) in [6.45, 7) is 4.26. The average Bonchev–Trinajstić information content (AvgIpc) is 2.97. The van der Waals surface area contributed by atoms with Gasteiger partial charge in [0.05, 0.1) is 5.69 Å². The highest BCUT2D eigenvalue weighted by Gasteiger charge is 2.49. The van der Waals surface area contributed by atoms with Gasteiger partial charge in [-0.3, -0.25) is 4.79 Å². The molecule has 0 radical (unpaired) electrons. The van der Waals surface area contributed by atoms with Crippen molar-refractivity contribution >= 4 is 27.6 Å². The van der Waals surface area contributed by atoms with Crippen LogP contribution in [0, 0.1) is 11.6 Å². The van der Waals surface area contributed by atoms with Gasteiger partial charge in [-0.25, -0.2) is 31.6 Å². The molecule has 0 aromatic heterocycles. The summed E-state index contributed by atoms with van der Waals surface area (Å²) in [6.07, 6.45) is 0.324. The predicted molar refractivity (Wildman–Crippen MR) is 114 cm³/mol. The van der Waals surface area contributed by atoms with Crippen molar-refractivity contribution in [1.29, 1.82) is 0 Å². The Hall–Kier alpha value is -2.85. The minimum absolute atomic E-state index is 0.0627. The fraction of sp³-hybridized carbons (Fsp3) is 0.364. The largest absolute Gasteiger partial charge is 0.332 e. The number of hydrogen-bond acceptors (Lipinski definition) is 4. The molecule has 2 saturated heterocycles. The molecule has 2 aromatic rings. The summed E-state index contributed by atoms with van der Waals surface area (Å²) in [5, 5.41) is 0. The van der Waals surface area contributed by atoms with Gasteiger partial charge in [0.15, 0.2) is 0 Å². The van der Waals surface area contributed by atoms with Crippen LogP contribution in [-0.2, 0) is 14.8 Å². The summed E-state index contributed by atoms with van der Waals surface area (Å²) in [6, 6.07) is 7.47. The summed E-state index contributed by atoms with van der Waals surface area (Å²) in [7, 11) is -4.27. The number of imide groups is 1. The summed E-state index contributed by atoms with van der Waals surface area (Å²) >= 11 is 0. The van der Waals surface area contributed by atoms with Crippen molar-refractivity contribution in [1.82, 2.24) is 9.62 Å². The van der Waals surface area contributed by atoms with Crippen LogP contribution in [0.25, 0.3) is 0 Å². The molecule has 10 heteroatoms. The quantitative estimate of drug-likeness (QED) is 0.689. The number of sulfonamides is 1. The third-order valence-electron chi connectivity index (χ3n) is 5.87. The maximum atomic E-state index is 14.0. The fourth-order valence-electron chi connectivity index (χ4n) is 4.13. The smallest absolute Gasteiger partial charge is 0.312 e. The average molecular weight is 464 g/mol. The van der Waals surface area contributed by atoms with Crippen LogP contribution in [-0.4, -0.2) is 43.9 Å². The lowest BCUT2D eigenvalue weighted by atomic mass is 9.99. The molecule has 0 bridgehead atoms. The Morgan fingerprint density at radius 2 is 1.75 bits per heavy atom. The third-order valence-corrected chi connectivity index (χ3v) is 7.42.